The third-order valence-electron chi connectivity index (χ3n) is 5.31. The van der Waals surface area contributed by atoms with Crippen molar-refractivity contribution >= 4 is 17.6 Å². The molecule has 1 aliphatic heterocycles. The third kappa shape index (κ3) is 6.21. The Labute approximate surface area is 179 Å². The van der Waals surface area contributed by atoms with Gasteiger partial charge in [-0.3, -0.25) is 15.0 Å². The average Bonchev–Trinajstić information content (AvgIpc) is 2.77. The second-order valence-electron chi connectivity index (χ2n) is 7.40. The first-order valence-electron chi connectivity index (χ1n) is 10.0. The van der Waals surface area contributed by atoms with Crippen molar-refractivity contribution in [3.8, 4) is 0 Å². The van der Waals surface area contributed by atoms with Crippen LogP contribution in [0.1, 0.15) is 18.1 Å². The number of hydrogen-bond donors (Lipinski definition) is 2. The van der Waals surface area contributed by atoms with Crippen LogP contribution in [0.5, 0.6) is 0 Å². The number of urea groups is 1. The molecular formula is C22H25F3N4O2. The van der Waals surface area contributed by atoms with Crippen molar-refractivity contribution in [1.82, 2.24) is 15.5 Å². The molecule has 0 spiro atoms. The molecule has 31 heavy (non-hydrogen) atoms. The van der Waals surface area contributed by atoms with Crippen LogP contribution in [0.2, 0.25) is 0 Å². The van der Waals surface area contributed by atoms with Crippen LogP contribution in [-0.2, 0) is 17.5 Å². The lowest BCUT2D eigenvalue weighted by Gasteiger charge is -2.38. The Hall–Kier alpha value is -3.07. The molecule has 0 radical (unpaired) electrons. The van der Waals surface area contributed by atoms with Crippen LogP contribution in [-0.4, -0.2) is 49.1 Å². The number of anilines is 1. The van der Waals surface area contributed by atoms with E-state index in [4.69, 9.17) is 0 Å². The van der Waals surface area contributed by atoms with Gasteiger partial charge in [-0.2, -0.15) is 13.2 Å². The Bertz CT molecular complexity index is 897. The lowest BCUT2D eigenvalue weighted by Crippen LogP contribution is -2.55. The van der Waals surface area contributed by atoms with Crippen LogP contribution in [0.15, 0.2) is 54.6 Å². The third-order valence-corrected chi connectivity index (χ3v) is 5.31. The molecule has 1 unspecified atom stereocenters. The molecule has 2 N–H and O–H groups in total. The molecule has 0 aliphatic carbocycles. The molecule has 9 heteroatoms. The fourth-order valence-electron chi connectivity index (χ4n) is 3.45. The number of rotatable bonds is 5. The summed E-state index contributed by atoms with van der Waals surface area (Å²) in [7, 11) is 0. The number of nitrogens with zero attached hydrogens (tertiary/aromatic N) is 2. The molecule has 3 rings (SSSR count). The molecule has 1 saturated heterocycles. The summed E-state index contributed by atoms with van der Waals surface area (Å²) in [6.45, 7) is 3.98. The summed E-state index contributed by atoms with van der Waals surface area (Å²) in [5.74, 6) is -0.418. The number of amides is 3. The first-order valence-corrected chi connectivity index (χ1v) is 10.0. The van der Waals surface area contributed by atoms with Crippen molar-refractivity contribution in [2.75, 3.05) is 31.1 Å². The Kier molecular flexibility index (Phi) is 7.17. The zero-order valence-electron chi connectivity index (χ0n) is 17.2. The van der Waals surface area contributed by atoms with Crippen molar-refractivity contribution in [2.24, 2.45) is 0 Å². The molecule has 0 saturated carbocycles. The molecule has 1 aliphatic rings. The predicted molar refractivity (Wildman–Crippen MR) is 112 cm³/mol. The molecule has 0 aromatic heterocycles. The van der Waals surface area contributed by atoms with Crippen molar-refractivity contribution in [3.05, 3.63) is 65.7 Å². The lowest BCUT2D eigenvalue weighted by molar-refractivity contribution is -0.137. The predicted octanol–water partition coefficient (Wildman–Crippen LogP) is 3.24. The monoisotopic (exact) mass is 434 g/mol. The maximum Gasteiger partial charge on any atom is 0.416 e. The van der Waals surface area contributed by atoms with E-state index in [9.17, 15) is 22.8 Å². The number of nitrogens with one attached hydrogen (secondary N) is 2. The van der Waals surface area contributed by atoms with E-state index in [1.54, 1.807) is 13.0 Å². The van der Waals surface area contributed by atoms with E-state index in [1.165, 1.54) is 6.07 Å². The van der Waals surface area contributed by atoms with E-state index in [1.807, 2.05) is 40.1 Å². The van der Waals surface area contributed by atoms with Gasteiger partial charge in [0.25, 0.3) is 0 Å². The van der Waals surface area contributed by atoms with Crippen molar-refractivity contribution < 1.29 is 22.8 Å². The first-order chi connectivity index (χ1) is 14.7. The molecule has 1 atom stereocenters. The van der Waals surface area contributed by atoms with E-state index >= 15 is 0 Å². The van der Waals surface area contributed by atoms with E-state index in [-0.39, 0.29) is 0 Å². The minimum Gasteiger partial charge on any atom is -0.369 e. The van der Waals surface area contributed by atoms with Crippen molar-refractivity contribution in [3.63, 3.8) is 0 Å². The fraction of sp³-hybridized carbons (Fsp3) is 0.364. The van der Waals surface area contributed by atoms with Gasteiger partial charge in [0, 0.05) is 38.4 Å². The number of alkyl halides is 3. The average molecular weight is 434 g/mol. The van der Waals surface area contributed by atoms with Gasteiger partial charge in [0.05, 0.1) is 11.6 Å². The second kappa shape index (κ2) is 9.82. The number of halogens is 3. The largest absolute Gasteiger partial charge is 0.416 e. The Balaban J connectivity index is 1.47. The minimum absolute atomic E-state index is 0.310. The summed E-state index contributed by atoms with van der Waals surface area (Å²) < 4.78 is 38.8. The van der Waals surface area contributed by atoms with E-state index in [2.05, 4.69) is 10.6 Å². The molecule has 1 heterocycles. The topological polar surface area (TPSA) is 64.7 Å². The van der Waals surface area contributed by atoms with E-state index < -0.39 is 29.7 Å². The second-order valence-corrected chi connectivity index (χ2v) is 7.40. The van der Waals surface area contributed by atoms with Gasteiger partial charge < -0.3 is 10.2 Å². The highest BCUT2D eigenvalue weighted by atomic mass is 19.4. The van der Waals surface area contributed by atoms with Gasteiger partial charge in [-0.05, 0) is 30.7 Å². The number of benzene rings is 2. The Morgan fingerprint density at radius 2 is 1.68 bits per heavy atom. The highest BCUT2D eigenvalue weighted by molar-refractivity contribution is 5.96. The van der Waals surface area contributed by atoms with Gasteiger partial charge in [-0.25, -0.2) is 4.79 Å². The van der Waals surface area contributed by atoms with Crippen LogP contribution in [0.3, 0.4) is 0 Å². The normalized spacial score (nSPS) is 15.9. The zero-order chi connectivity index (χ0) is 22.4. The smallest absolute Gasteiger partial charge is 0.369 e. The van der Waals surface area contributed by atoms with E-state index in [0.29, 0.717) is 38.4 Å². The molecule has 6 nitrogen and oxygen atoms in total. The quantitative estimate of drug-likeness (QED) is 0.759. The van der Waals surface area contributed by atoms with Crippen LogP contribution in [0.4, 0.5) is 23.7 Å². The number of carbonyl (C=O) groups excluding carboxylic acids is 2. The number of hydrogen-bond acceptors (Lipinski definition) is 4. The summed E-state index contributed by atoms with van der Waals surface area (Å²) >= 11 is 0. The highest BCUT2D eigenvalue weighted by Gasteiger charge is 2.31. The molecule has 1 fully saturated rings. The lowest BCUT2D eigenvalue weighted by atomic mass is 10.1. The SMILES string of the molecule is CC(C(=O)NC(=O)NCc1ccccc1)N1CCN(c2cccc(C(F)(F)F)c2)CC1. The number of carbonyl (C=O) groups is 2. The van der Waals surface area contributed by atoms with E-state index in [0.717, 1.165) is 17.7 Å². The van der Waals surface area contributed by atoms with Gasteiger partial charge in [0.2, 0.25) is 5.91 Å². The van der Waals surface area contributed by atoms with Gasteiger partial charge in [-0.15, -0.1) is 0 Å². The molecule has 2 aromatic rings. The summed E-state index contributed by atoms with van der Waals surface area (Å²) in [5, 5.41) is 4.99. The maximum absolute atomic E-state index is 12.9. The molecule has 3 amide bonds. The van der Waals surface area contributed by atoms with Gasteiger partial charge in [-0.1, -0.05) is 36.4 Å². The van der Waals surface area contributed by atoms with Crippen LogP contribution >= 0.6 is 0 Å². The van der Waals surface area contributed by atoms with Crippen LogP contribution in [0.25, 0.3) is 0 Å². The first kappa shape index (κ1) is 22.6. The molecule has 166 valence electrons. The number of piperazine rings is 1. The van der Waals surface area contributed by atoms with Gasteiger partial charge in [0.1, 0.15) is 0 Å². The summed E-state index contributed by atoms with van der Waals surface area (Å²) in [4.78, 5) is 28.2. The standard InChI is InChI=1S/C22H25F3N4O2/c1-16(20(30)27-21(31)26-15-17-6-3-2-4-7-17)28-10-12-29(13-11-28)19-9-5-8-18(14-19)22(23,24)25/h2-9,14,16H,10-13,15H2,1H3,(H2,26,27,30,31). The molecular weight excluding hydrogens is 409 g/mol. The van der Waals surface area contributed by atoms with Gasteiger partial charge >= 0.3 is 12.2 Å². The van der Waals surface area contributed by atoms with Crippen molar-refractivity contribution in [1.29, 1.82) is 0 Å². The minimum atomic E-state index is -4.38. The Morgan fingerprint density at radius 3 is 2.32 bits per heavy atom. The maximum atomic E-state index is 12.9. The zero-order valence-corrected chi connectivity index (χ0v) is 17.2. The summed E-state index contributed by atoms with van der Waals surface area (Å²) in [5.41, 5.74) is 0.748. The summed E-state index contributed by atoms with van der Waals surface area (Å²) in [6, 6.07) is 13.5. The van der Waals surface area contributed by atoms with Gasteiger partial charge in [0.15, 0.2) is 0 Å². The van der Waals surface area contributed by atoms with Crippen LogP contribution in [0, 0.1) is 0 Å². The van der Waals surface area contributed by atoms with Crippen LogP contribution < -0.4 is 15.5 Å². The Morgan fingerprint density at radius 1 is 1.00 bits per heavy atom. The molecule has 0 bridgehead atoms. The fourth-order valence-corrected chi connectivity index (χ4v) is 3.45. The molecule has 2 aromatic carbocycles. The van der Waals surface area contributed by atoms with Crippen molar-refractivity contribution in [2.45, 2.75) is 25.7 Å². The number of imide groups is 1. The summed E-state index contributed by atoms with van der Waals surface area (Å²) in [6.07, 6.45) is -4.38. The highest BCUT2D eigenvalue weighted by Crippen LogP contribution is 2.31.